The molecule has 3 fully saturated rings. The number of alkyl carbamates (subject to hydrolysis) is 1. The van der Waals surface area contributed by atoms with E-state index in [1.165, 1.54) is 32.1 Å². The highest BCUT2D eigenvalue weighted by Gasteiger charge is 2.57. The van der Waals surface area contributed by atoms with Gasteiger partial charge in [-0.25, -0.2) is 4.79 Å². The second kappa shape index (κ2) is 6.94. The molecule has 27 heavy (non-hydrogen) atoms. The normalized spacial score (nSPS) is 34.1. The maximum atomic E-state index is 11.9. The number of nitrogens with one attached hydrogen (secondary N) is 1. The minimum Gasteiger partial charge on any atom is -0.444 e. The molecule has 6 heteroatoms. The van der Waals surface area contributed by atoms with E-state index in [-0.39, 0.29) is 24.4 Å². The highest BCUT2D eigenvalue weighted by atomic mass is 16.7. The Morgan fingerprint density at radius 2 is 1.81 bits per heavy atom. The van der Waals surface area contributed by atoms with Gasteiger partial charge in [0.15, 0.2) is 0 Å². The van der Waals surface area contributed by atoms with Gasteiger partial charge in [0.1, 0.15) is 5.60 Å². The molecule has 0 unspecified atom stereocenters. The first-order chi connectivity index (χ1) is 12.3. The van der Waals surface area contributed by atoms with Crippen molar-refractivity contribution in [3.63, 3.8) is 0 Å². The van der Waals surface area contributed by atoms with E-state index in [1.54, 1.807) is 0 Å². The number of rotatable bonds is 5. The van der Waals surface area contributed by atoms with Gasteiger partial charge in [-0.1, -0.05) is 6.42 Å². The molecule has 1 saturated heterocycles. The topological polar surface area (TPSA) is 56.8 Å². The third-order valence-electron chi connectivity index (χ3n) is 7.12. The van der Waals surface area contributed by atoms with Crippen LogP contribution >= 0.6 is 0 Å². The van der Waals surface area contributed by atoms with Gasteiger partial charge in [-0.05, 0) is 97.7 Å². The molecule has 3 rings (SSSR count). The van der Waals surface area contributed by atoms with Crippen LogP contribution < -0.4 is 5.32 Å². The molecule has 1 amide bonds. The SMILES string of the molecule is CC(C)(C)OC(=O)NC[C@]12CC[C@@H](CCB3OC(C)(C)C(C)(C)O3)C[C@@H]1C2. The predicted molar refractivity (Wildman–Crippen MR) is 108 cm³/mol. The Labute approximate surface area is 165 Å². The van der Waals surface area contributed by atoms with E-state index in [0.29, 0.717) is 5.41 Å². The fourth-order valence-electron chi connectivity index (χ4n) is 4.67. The first-order valence-corrected chi connectivity index (χ1v) is 10.6. The summed E-state index contributed by atoms with van der Waals surface area (Å²) in [6.07, 6.45) is 6.83. The smallest absolute Gasteiger partial charge is 0.444 e. The minimum absolute atomic E-state index is 0.0743. The molecule has 1 N–H and O–H groups in total. The molecule has 0 radical (unpaired) electrons. The molecule has 1 aliphatic heterocycles. The van der Waals surface area contributed by atoms with Crippen LogP contribution in [0.5, 0.6) is 0 Å². The summed E-state index contributed by atoms with van der Waals surface area (Å²) in [5.41, 5.74) is -0.569. The Morgan fingerprint density at radius 3 is 2.37 bits per heavy atom. The molecule has 5 nitrogen and oxygen atoms in total. The number of fused-ring (bicyclic) bond motifs is 1. The third kappa shape index (κ3) is 4.82. The molecule has 2 aliphatic carbocycles. The van der Waals surface area contributed by atoms with Crippen molar-refractivity contribution in [1.82, 2.24) is 5.32 Å². The summed E-state index contributed by atoms with van der Waals surface area (Å²) in [6, 6.07) is 0. The Balaban J connectivity index is 1.38. The van der Waals surface area contributed by atoms with E-state index in [4.69, 9.17) is 14.0 Å². The van der Waals surface area contributed by atoms with E-state index in [2.05, 4.69) is 33.0 Å². The monoisotopic (exact) mass is 379 g/mol. The van der Waals surface area contributed by atoms with Crippen molar-refractivity contribution < 1.29 is 18.8 Å². The largest absolute Gasteiger partial charge is 0.457 e. The zero-order valence-electron chi connectivity index (χ0n) is 18.3. The maximum absolute atomic E-state index is 11.9. The summed E-state index contributed by atoms with van der Waals surface area (Å²) in [4.78, 5) is 11.9. The van der Waals surface area contributed by atoms with Crippen molar-refractivity contribution in [1.29, 1.82) is 0 Å². The number of hydrogen-bond donors (Lipinski definition) is 1. The van der Waals surface area contributed by atoms with E-state index in [9.17, 15) is 4.79 Å². The van der Waals surface area contributed by atoms with Crippen molar-refractivity contribution in [2.24, 2.45) is 17.3 Å². The van der Waals surface area contributed by atoms with Gasteiger partial charge < -0.3 is 19.4 Å². The van der Waals surface area contributed by atoms with Crippen molar-refractivity contribution in [2.75, 3.05) is 6.54 Å². The molecule has 0 aromatic rings. The van der Waals surface area contributed by atoms with Crippen LogP contribution in [0.3, 0.4) is 0 Å². The fraction of sp³-hybridized carbons (Fsp3) is 0.952. The lowest BCUT2D eigenvalue weighted by molar-refractivity contribution is 0.00578. The zero-order valence-corrected chi connectivity index (χ0v) is 18.3. The summed E-state index contributed by atoms with van der Waals surface area (Å²) in [5.74, 6) is 1.51. The molecule has 3 aliphatic rings. The molecular weight excluding hydrogens is 341 g/mol. The molecule has 0 aromatic carbocycles. The van der Waals surface area contributed by atoms with Gasteiger partial charge in [-0.2, -0.15) is 0 Å². The number of amides is 1. The molecule has 154 valence electrons. The van der Waals surface area contributed by atoms with Crippen LogP contribution in [0.25, 0.3) is 0 Å². The van der Waals surface area contributed by atoms with Crippen molar-refractivity contribution in [2.45, 2.75) is 104 Å². The van der Waals surface area contributed by atoms with Crippen LogP contribution in [0.15, 0.2) is 0 Å². The zero-order chi connectivity index (χ0) is 20.1. The summed E-state index contributed by atoms with van der Waals surface area (Å²) in [7, 11) is -0.0743. The van der Waals surface area contributed by atoms with Crippen LogP contribution in [0.2, 0.25) is 6.32 Å². The second-order valence-electron chi connectivity index (χ2n) is 11.0. The van der Waals surface area contributed by atoms with Gasteiger partial charge in [-0.3, -0.25) is 0 Å². The molecule has 0 spiro atoms. The van der Waals surface area contributed by atoms with Gasteiger partial charge >= 0.3 is 13.2 Å². The molecular formula is C21H38BNO4. The fourth-order valence-corrected chi connectivity index (χ4v) is 4.67. The molecule has 2 saturated carbocycles. The van der Waals surface area contributed by atoms with E-state index in [0.717, 1.165) is 24.7 Å². The number of carbonyl (C=O) groups excluding carboxylic acids is 1. The molecule has 1 heterocycles. The molecule has 3 atom stereocenters. The highest BCUT2D eigenvalue weighted by molar-refractivity contribution is 6.45. The van der Waals surface area contributed by atoms with E-state index >= 15 is 0 Å². The Kier molecular flexibility index (Phi) is 5.39. The lowest BCUT2D eigenvalue weighted by Crippen LogP contribution is -2.41. The first-order valence-electron chi connectivity index (χ1n) is 10.6. The Morgan fingerprint density at radius 1 is 1.19 bits per heavy atom. The van der Waals surface area contributed by atoms with Gasteiger partial charge in [0.2, 0.25) is 0 Å². The van der Waals surface area contributed by atoms with Gasteiger partial charge in [0, 0.05) is 6.54 Å². The standard InChI is InChI=1S/C21H38BNO4/c1-18(2,3)25-17(24)23-14-21-10-8-15(12-16(21)13-21)9-11-22-26-19(4,5)20(6,7)27-22/h15-16H,8-14H2,1-7H3,(H,23,24)/t15-,16+,21+/m0/s1. The van der Waals surface area contributed by atoms with Crippen LogP contribution in [0.1, 0.15) is 80.6 Å². The van der Waals surface area contributed by atoms with Gasteiger partial charge in [-0.15, -0.1) is 0 Å². The number of carbonyl (C=O) groups is 1. The molecule has 0 aromatic heterocycles. The second-order valence-corrected chi connectivity index (χ2v) is 11.0. The van der Waals surface area contributed by atoms with E-state index in [1.807, 2.05) is 20.8 Å². The van der Waals surface area contributed by atoms with E-state index < -0.39 is 5.60 Å². The summed E-state index contributed by atoms with van der Waals surface area (Å²) in [6.45, 7) is 14.9. The lowest BCUT2D eigenvalue weighted by atomic mass is 9.74. The van der Waals surface area contributed by atoms with Gasteiger partial charge in [0.25, 0.3) is 0 Å². The Hall–Kier alpha value is -0.745. The third-order valence-corrected chi connectivity index (χ3v) is 7.12. The predicted octanol–water partition coefficient (Wildman–Crippen LogP) is 4.80. The average molecular weight is 379 g/mol. The number of ether oxygens (including phenoxy) is 1. The van der Waals surface area contributed by atoms with Crippen molar-refractivity contribution >= 4 is 13.2 Å². The maximum Gasteiger partial charge on any atom is 0.457 e. The summed E-state index contributed by atoms with van der Waals surface area (Å²) >= 11 is 0. The van der Waals surface area contributed by atoms with Crippen LogP contribution in [-0.2, 0) is 14.0 Å². The molecule has 0 bridgehead atoms. The van der Waals surface area contributed by atoms with Crippen LogP contribution in [0, 0.1) is 17.3 Å². The van der Waals surface area contributed by atoms with Crippen LogP contribution in [0.4, 0.5) is 4.79 Å². The first kappa shape index (κ1) is 21.0. The van der Waals surface area contributed by atoms with Crippen LogP contribution in [-0.4, -0.2) is 36.6 Å². The quantitative estimate of drug-likeness (QED) is 0.697. The summed E-state index contributed by atoms with van der Waals surface area (Å²) < 4.78 is 17.6. The Bertz CT molecular complexity index is 555. The van der Waals surface area contributed by atoms with Gasteiger partial charge in [0.05, 0.1) is 11.2 Å². The average Bonchev–Trinajstić information content (AvgIpc) is 3.17. The minimum atomic E-state index is -0.435. The number of hydrogen-bond acceptors (Lipinski definition) is 4. The van der Waals surface area contributed by atoms with Crippen molar-refractivity contribution in [3.8, 4) is 0 Å². The summed E-state index contributed by atoms with van der Waals surface area (Å²) in [5, 5.41) is 3.00. The highest BCUT2D eigenvalue weighted by Crippen LogP contribution is 2.62. The van der Waals surface area contributed by atoms with Crippen molar-refractivity contribution in [3.05, 3.63) is 0 Å². The lowest BCUT2D eigenvalue weighted by Gasteiger charge is -2.32.